The molecule has 31 valence electrons. The van der Waals surface area contributed by atoms with Crippen LogP contribution < -0.4 is 0 Å². The molecule has 0 nitrogen and oxygen atoms in total. The minimum atomic E-state index is 0. The van der Waals surface area contributed by atoms with Crippen LogP contribution >= 0.6 is 12.4 Å². The van der Waals surface area contributed by atoms with Crippen molar-refractivity contribution in [3.05, 3.63) is 12.7 Å². The van der Waals surface area contributed by atoms with Crippen LogP contribution in [0.2, 0.25) is 5.28 Å². The summed E-state index contributed by atoms with van der Waals surface area (Å²) in [6.45, 7) is 3.45. The van der Waals surface area contributed by atoms with Crippen molar-refractivity contribution >= 4 is 12.4 Å². The van der Waals surface area contributed by atoms with Crippen LogP contribution in [-0.4, -0.2) is 0 Å². The summed E-state index contributed by atoms with van der Waals surface area (Å²) in [6, 6.07) is 0. The number of rotatable bonds is 1. The molecule has 0 heterocycles. The molecule has 0 aliphatic rings. The van der Waals surface area contributed by atoms with E-state index in [0.717, 1.165) is 5.28 Å². The summed E-state index contributed by atoms with van der Waals surface area (Å²) in [5.74, 6) is 0. The largest absolute Gasteiger partial charge is 0.147 e. The van der Waals surface area contributed by atoms with E-state index in [1.54, 1.807) is 0 Å². The summed E-state index contributed by atoms with van der Waals surface area (Å²) in [6.07, 6.45) is 1.82. The van der Waals surface area contributed by atoms with Crippen LogP contribution in [0.15, 0.2) is 12.7 Å². The molecule has 0 N–H and O–H groups in total. The van der Waals surface area contributed by atoms with E-state index in [1.165, 1.54) is 0 Å². The molecular formula is C3H6ClCr. The van der Waals surface area contributed by atoms with Gasteiger partial charge in [0, 0.05) is 0 Å². The van der Waals surface area contributed by atoms with Gasteiger partial charge < -0.3 is 0 Å². The Labute approximate surface area is 47.1 Å². The number of allylic oxidation sites excluding steroid dienone is 1. The molecule has 0 aromatic heterocycles. The van der Waals surface area contributed by atoms with Crippen LogP contribution in [0.5, 0.6) is 0 Å². The predicted molar refractivity (Wildman–Crippen MR) is 22.3 cm³/mol. The van der Waals surface area contributed by atoms with Crippen molar-refractivity contribution < 1.29 is 16.3 Å². The van der Waals surface area contributed by atoms with Gasteiger partial charge >= 0.3 is 34.2 Å². The minimum Gasteiger partial charge on any atom is -0.147 e. The SMILES string of the molecule is C=C[CH2][Cr].Cl. The van der Waals surface area contributed by atoms with Gasteiger partial charge in [0.2, 0.25) is 0 Å². The van der Waals surface area contributed by atoms with Crippen LogP contribution in [0.4, 0.5) is 0 Å². The second-order valence-electron chi connectivity index (χ2n) is 0.455. The molecule has 0 aromatic carbocycles. The van der Waals surface area contributed by atoms with E-state index in [4.69, 9.17) is 0 Å². The maximum Gasteiger partial charge on any atom is -0.147 e. The zero-order chi connectivity index (χ0) is 3.41. The topological polar surface area (TPSA) is 0 Å². The molecule has 0 fully saturated rings. The first-order valence-electron chi connectivity index (χ1n) is 1.11. The molecule has 0 rings (SSSR count). The molecule has 0 amide bonds. The number of hydrogen-bond donors (Lipinski definition) is 0. The monoisotopic (exact) mass is 129 g/mol. The first-order chi connectivity index (χ1) is 1.91. The Hall–Kier alpha value is 0.562. The Morgan fingerprint density at radius 3 is 2.00 bits per heavy atom. The minimum absolute atomic E-state index is 0. The van der Waals surface area contributed by atoms with Crippen LogP contribution in [-0.2, 0) is 16.3 Å². The van der Waals surface area contributed by atoms with Gasteiger partial charge in [0.1, 0.15) is 0 Å². The quantitative estimate of drug-likeness (QED) is 0.472. The standard InChI is InChI=1S/C3H5.ClH.Cr/c1-3-2;;/h3H,1-2H2;1H;. The van der Waals surface area contributed by atoms with Gasteiger partial charge in [-0.25, -0.2) is 0 Å². The fourth-order valence-corrected chi connectivity index (χ4v) is 0. The first kappa shape index (κ1) is 9.12. The summed E-state index contributed by atoms with van der Waals surface area (Å²) in [4.78, 5) is 0. The molecule has 0 radical (unpaired) electrons. The molecule has 0 unspecified atom stereocenters. The Balaban J connectivity index is 0. The molecule has 0 saturated carbocycles. The smallest absolute Gasteiger partial charge is 0.147 e. The van der Waals surface area contributed by atoms with Crippen molar-refractivity contribution in [2.75, 3.05) is 0 Å². The van der Waals surface area contributed by atoms with Crippen LogP contribution in [0.3, 0.4) is 0 Å². The summed E-state index contributed by atoms with van der Waals surface area (Å²) >= 11 is 2.77. The third-order valence-corrected chi connectivity index (χ3v) is 0.486. The van der Waals surface area contributed by atoms with E-state index >= 15 is 0 Å². The summed E-state index contributed by atoms with van der Waals surface area (Å²) in [5, 5.41) is 0.958. The normalized spacial score (nSPS) is 4.80. The summed E-state index contributed by atoms with van der Waals surface area (Å²) < 4.78 is 0. The summed E-state index contributed by atoms with van der Waals surface area (Å²) in [7, 11) is 0. The molecule has 0 saturated heterocycles. The Morgan fingerprint density at radius 1 is 1.80 bits per heavy atom. The molecule has 0 aromatic rings. The van der Waals surface area contributed by atoms with Crippen molar-refractivity contribution in [3.8, 4) is 0 Å². The van der Waals surface area contributed by atoms with Gasteiger partial charge in [0.15, 0.2) is 0 Å². The fraction of sp³-hybridized carbons (Fsp3) is 0.333. The van der Waals surface area contributed by atoms with E-state index in [2.05, 4.69) is 22.9 Å². The Morgan fingerprint density at radius 2 is 2.00 bits per heavy atom. The van der Waals surface area contributed by atoms with Crippen LogP contribution in [0, 0.1) is 0 Å². The van der Waals surface area contributed by atoms with Crippen molar-refractivity contribution in [2.24, 2.45) is 0 Å². The van der Waals surface area contributed by atoms with Gasteiger partial charge in [0.25, 0.3) is 0 Å². The van der Waals surface area contributed by atoms with Crippen molar-refractivity contribution in [1.29, 1.82) is 0 Å². The second kappa shape index (κ2) is 8.82. The molecule has 0 bridgehead atoms. The zero-order valence-corrected chi connectivity index (χ0v) is 4.90. The fourth-order valence-electron chi connectivity index (χ4n) is 0. The van der Waals surface area contributed by atoms with Gasteiger partial charge in [0.05, 0.1) is 0 Å². The maximum atomic E-state index is 3.45. The Bertz CT molecular complexity index is 20.9. The molecular weight excluding hydrogens is 123 g/mol. The average molecular weight is 130 g/mol. The maximum absolute atomic E-state index is 3.45. The van der Waals surface area contributed by atoms with E-state index in [9.17, 15) is 0 Å². The molecule has 0 spiro atoms. The van der Waals surface area contributed by atoms with Crippen molar-refractivity contribution in [2.45, 2.75) is 5.28 Å². The first-order valence-corrected chi connectivity index (χ1v) is 2.01. The van der Waals surface area contributed by atoms with Gasteiger partial charge in [-0.05, 0) is 0 Å². The number of halogens is 1. The second-order valence-corrected chi connectivity index (χ2v) is 0.976. The summed E-state index contributed by atoms with van der Waals surface area (Å²) in [5.41, 5.74) is 0. The van der Waals surface area contributed by atoms with E-state index < -0.39 is 0 Å². The average Bonchev–Trinajstić information content (AvgIpc) is 1.37. The van der Waals surface area contributed by atoms with Crippen LogP contribution in [0.1, 0.15) is 0 Å². The van der Waals surface area contributed by atoms with E-state index in [1.807, 2.05) is 6.08 Å². The molecule has 0 atom stereocenters. The number of hydrogen-bond acceptors (Lipinski definition) is 0. The van der Waals surface area contributed by atoms with Gasteiger partial charge in [-0.15, -0.1) is 12.4 Å². The zero-order valence-electron chi connectivity index (χ0n) is 2.81. The third-order valence-electron chi connectivity index (χ3n) is 0.118. The Kier molecular flexibility index (Phi) is 16.1. The predicted octanol–water partition coefficient (Wildman–Crippen LogP) is 1.56. The van der Waals surface area contributed by atoms with Gasteiger partial charge in [-0.2, -0.15) is 0 Å². The van der Waals surface area contributed by atoms with Crippen molar-refractivity contribution in [3.63, 3.8) is 0 Å². The third kappa shape index (κ3) is 12.3. The molecule has 0 aliphatic carbocycles. The van der Waals surface area contributed by atoms with E-state index in [0.29, 0.717) is 0 Å². The van der Waals surface area contributed by atoms with E-state index in [-0.39, 0.29) is 12.4 Å². The van der Waals surface area contributed by atoms with Crippen LogP contribution in [0.25, 0.3) is 0 Å². The molecule has 2 heteroatoms. The van der Waals surface area contributed by atoms with Gasteiger partial charge in [-0.1, -0.05) is 0 Å². The molecule has 0 aliphatic heterocycles. The van der Waals surface area contributed by atoms with Gasteiger partial charge in [-0.3, -0.25) is 0 Å². The molecule has 5 heavy (non-hydrogen) atoms. The van der Waals surface area contributed by atoms with Crippen molar-refractivity contribution in [1.82, 2.24) is 0 Å².